The molecule has 1 aliphatic heterocycles. The predicted octanol–water partition coefficient (Wildman–Crippen LogP) is 3.21. The lowest BCUT2D eigenvalue weighted by Crippen LogP contribution is -2.24. The molecule has 3 heterocycles. The summed E-state index contributed by atoms with van der Waals surface area (Å²) < 4.78 is 12.3. The molecule has 10 nitrogen and oxygen atoms in total. The lowest BCUT2D eigenvalue weighted by atomic mass is 10.1. The summed E-state index contributed by atoms with van der Waals surface area (Å²) in [5.41, 5.74) is 2.49. The van der Waals surface area contributed by atoms with Crippen molar-refractivity contribution >= 4 is 29.4 Å². The molecule has 1 atom stereocenters. The maximum absolute atomic E-state index is 12.8. The van der Waals surface area contributed by atoms with Gasteiger partial charge in [-0.25, -0.2) is 9.97 Å². The summed E-state index contributed by atoms with van der Waals surface area (Å²) in [5, 5.41) is 6.60. The highest BCUT2D eigenvalue weighted by molar-refractivity contribution is 6.31. The normalized spacial score (nSPS) is 15.1. The van der Waals surface area contributed by atoms with Gasteiger partial charge < -0.3 is 20.1 Å². The average Bonchev–Trinajstić information content (AvgIpc) is 3.55. The van der Waals surface area contributed by atoms with Gasteiger partial charge in [0.05, 0.1) is 12.6 Å². The van der Waals surface area contributed by atoms with Gasteiger partial charge in [0.25, 0.3) is 5.91 Å². The third-order valence-electron chi connectivity index (χ3n) is 5.59. The number of benzene rings is 1. The fourth-order valence-corrected chi connectivity index (χ4v) is 3.85. The quantitative estimate of drug-likeness (QED) is 0.431. The minimum atomic E-state index is -0.353. The van der Waals surface area contributed by atoms with Crippen LogP contribution < -0.4 is 10.6 Å². The van der Waals surface area contributed by atoms with Gasteiger partial charge in [0, 0.05) is 48.1 Å². The fourth-order valence-electron chi connectivity index (χ4n) is 3.60. The zero-order chi connectivity index (χ0) is 24.8. The summed E-state index contributed by atoms with van der Waals surface area (Å²) in [6.07, 6.45) is 6.07. The second-order valence-electron chi connectivity index (χ2n) is 8.15. The Morgan fingerprint density at radius 3 is 2.94 bits per heavy atom. The van der Waals surface area contributed by atoms with Gasteiger partial charge in [0.1, 0.15) is 24.4 Å². The number of aromatic nitrogens is 4. The monoisotopic (exact) mass is 498 g/mol. The van der Waals surface area contributed by atoms with Crippen LogP contribution in [0.25, 0.3) is 5.82 Å². The molecule has 4 rings (SSSR count). The van der Waals surface area contributed by atoms with Gasteiger partial charge >= 0.3 is 5.97 Å². The molecule has 0 bridgehead atoms. The summed E-state index contributed by atoms with van der Waals surface area (Å²) in [6.45, 7) is 5.20. The first-order valence-electron chi connectivity index (χ1n) is 11.4. The number of hydrogen-bond acceptors (Lipinski definition) is 8. The second kappa shape index (κ2) is 11.3. The highest BCUT2D eigenvalue weighted by Crippen LogP contribution is 2.22. The maximum Gasteiger partial charge on any atom is 0.305 e. The Morgan fingerprint density at radius 1 is 1.31 bits per heavy atom. The van der Waals surface area contributed by atoms with E-state index in [-0.39, 0.29) is 43.2 Å². The van der Waals surface area contributed by atoms with Gasteiger partial charge in [-0.2, -0.15) is 4.98 Å². The molecule has 1 aliphatic rings. The van der Waals surface area contributed by atoms with E-state index in [1.807, 2.05) is 13.0 Å². The molecule has 0 aliphatic carbocycles. The number of carbonyl (C=O) groups is 2. The van der Waals surface area contributed by atoms with Gasteiger partial charge in [0.2, 0.25) is 5.95 Å². The summed E-state index contributed by atoms with van der Waals surface area (Å²) in [7, 11) is 0. The highest BCUT2D eigenvalue weighted by atomic mass is 35.5. The van der Waals surface area contributed by atoms with Gasteiger partial charge in [-0.15, -0.1) is 0 Å². The van der Waals surface area contributed by atoms with E-state index in [4.69, 9.17) is 21.1 Å². The summed E-state index contributed by atoms with van der Waals surface area (Å²) >= 11 is 6.30. The number of rotatable bonds is 9. The number of nitrogens with one attached hydrogen (secondary N) is 2. The topological polar surface area (TPSA) is 120 Å². The van der Waals surface area contributed by atoms with Crippen LogP contribution in [0.15, 0.2) is 36.9 Å². The lowest BCUT2D eigenvalue weighted by Gasteiger charge is -2.13. The zero-order valence-electron chi connectivity index (χ0n) is 19.6. The smallest absolute Gasteiger partial charge is 0.305 e. The van der Waals surface area contributed by atoms with Crippen molar-refractivity contribution in [1.82, 2.24) is 24.8 Å². The molecule has 2 N–H and O–H groups in total. The molecule has 1 unspecified atom stereocenters. The Bertz CT molecular complexity index is 1210. The number of amides is 1. The van der Waals surface area contributed by atoms with Crippen LogP contribution in [-0.4, -0.2) is 50.7 Å². The molecule has 1 amide bonds. The molecule has 1 fully saturated rings. The SMILES string of the molecule is CCC(=O)OCc1c(Cl)cccc1CNC(=O)c1cn(-c2nc(NC3CCOC3)ncc2C)cn1. The van der Waals surface area contributed by atoms with Gasteiger partial charge in [0.15, 0.2) is 0 Å². The largest absolute Gasteiger partial charge is 0.461 e. The minimum absolute atomic E-state index is 0.0442. The van der Waals surface area contributed by atoms with E-state index < -0.39 is 0 Å². The average molecular weight is 499 g/mol. The first-order chi connectivity index (χ1) is 16.9. The molecule has 2 aromatic heterocycles. The van der Waals surface area contributed by atoms with Crippen molar-refractivity contribution in [1.29, 1.82) is 0 Å². The molecular weight excluding hydrogens is 472 g/mol. The molecule has 184 valence electrons. The molecule has 3 aromatic rings. The lowest BCUT2D eigenvalue weighted by molar-refractivity contribution is -0.144. The number of nitrogens with zero attached hydrogens (tertiary/aromatic N) is 4. The van der Waals surface area contributed by atoms with Crippen LogP contribution >= 0.6 is 11.6 Å². The molecule has 0 radical (unpaired) electrons. The summed E-state index contributed by atoms with van der Waals surface area (Å²) in [5.74, 6) is 0.453. The Hall–Kier alpha value is -3.50. The van der Waals surface area contributed by atoms with E-state index >= 15 is 0 Å². The van der Waals surface area contributed by atoms with E-state index in [2.05, 4.69) is 25.6 Å². The molecule has 11 heteroatoms. The molecule has 1 aromatic carbocycles. The van der Waals surface area contributed by atoms with E-state index in [1.165, 1.54) is 0 Å². The van der Waals surface area contributed by atoms with E-state index in [9.17, 15) is 9.59 Å². The number of aryl methyl sites for hydroxylation is 1. The number of esters is 1. The minimum Gasteiger partial charge on any atom is -0.461 e. The van der Waals surface area contributed by atoms with Crippen molar-refractivity contribution in [3.05, 3.63) is 64.3 Å². The third kappa shape index (κ3) is 6.14. The van der Waals surface area contributed by atoms with Gasteiger partial charge in [-0.05, 0) is 25.0 Å². The summed E-state index contributed by atoms with van der Waals surface area (Å²) in [4.78, 5) is 37.5. The van der Waals surface area contributed by atoms with Crippen LogP contribution in [0.3, 0.4) is 0 Å². The second-order valence-corrected chi connectivity index (χ2v) is 8.55. The predicted molar refractivity (Wildman–Crippen MR) is 129 cm³/mol. The van der Waals surface area contributed by atoms with Crippen LogP contribution in [-0.2, 0) is 27.4 Å². The Labute approximate surface area is 208 Å². The Kier molecular flexibility index (Phi) is 7.94. The third-order valence-corrected chi connectivity index (χ3v) is 5.94. The molecule has 0 saturated carbocycles. The van der Waals surface area contributed by atoms with Crippen molar-refractivity contribution in [2.24, 2.45) is 0 Å². The van der Waals surface area contributed by atoms with Gasteiger partial charge in [-0.1, -0.05) is 30.7 Å². The van der Waals surface area contributed by atoms with Crippen LogP contribution in [0.4, 0.5) is 5.95 Å². The van der Waals surface area contributed by atoms with Crippen LogP contribution in [0.2, 0.25) is 5.02 Å². The van der Waals surface area contributed by atoms with Crippen molar-refractivity contribution in [2.75, 3.05) is 18.5 Å². The summed E-state index contributed by atoms with van der Waals surface area (Å²) in [6, 6.07) is 5.51. The van der Waals surface area contributed by atoms with E-state index in [0.29, 0.717) is 29.0 Å². The number of imidazole rings is 1. The number of anilines is 1. The standard InChI is InChI=1S/C24H27ClN6O4/c1-3-21(32)35-13-18-16(5-4-6-19(18)25)10-26-23(33)20-11-31(14-28-20)22-15(2)9-27-24(30-22)29-17-7-8-34-12-17/h4-6,9,11,14,17H,3,7-8,10,12-13H2,1-2H3,(H,26,33)(H,27,29,30). The number of ether oxygens (including phenoxy) is 2. The Morgan fingerprint density at radius 2 is 2.17 bits per heavy atom. The first kappa shape index (κ1) is 24.6. The van der Waals surface area contributed by atoms with Crippen molar-refractivity contribution in [3.63, 3.8) is 0 Å². The zero-order valence-corrected chi connectivity index (χ0v) is 20.3. The molecular formula is C24H27ClN6O4. The van der Waals surface area contributed by atoms with Crippen LogP contribution in [0, 0.1) is 6.92 Å². The molecule has 35 heavy (non-hydrogen) atoms. The molecule has 1 saturated heterocycles. The number of carbonyl (C=O) groups excluding carboxylic acids is 2. The molecule has 0 spiro atoms. The fraction of sp³-hybridized carbons (Fsp3) is 0.375. The first-order valence-corrected chi connectivity index (χ1v) is 11.7. The highest BCUT2D eigenvalue weighted by Gasteiger charge is 2.18. The van der Waals surface area contributed by atoms with E-state index in [0.717, 1.165) is 24.2 Å². The number of halogens is 1. The van der Waals surface area contributed by atoms with Crippen LogP contribution in [0.1, 0.15) is 46.9 Å². The van der Waals surface area contributed by atoms with Gasteiger partial charge in [-0.3, -0.25) is 14.2 Å². The Balaban J connectivity index is 1.43. The number of hydrogen-bond donors (Lipinski definition) is 2. The van der Waals surface area contributed by atoms with E-state index in [1.54, 1.807) is 42.3 Å². The maximum atomic E-state index is 12.8. The van der Waals surface area contributed by atoms with Crippen molar-refractivity contribution in [3.8, 4) is 5.82 Å². The van der Waals surface area contributed by atoms with Crippen LogP contribution in [0.5, 0.6) is 0 Å². The van der Waals surface area contributed by atoms with Crippen molar-refractivity contribution < 1.29 is 19.1 Å². The van der Waals surface area contributed by atoms with Crippen molar-refractivity contribution in [2.45, 2.75) is 45.9 Å².